The predicted molar refractivity (Wildman–Crippen MR) is 117 cm³/mol. The first-order valence-electron chi connectivity index (χ1n) is 8.42. The minimum Gasteiger partial charge on any atom is -0.331 e. The summed E-state index contributed by atoms with van der Waals surface area (Å²) in [7, 11) is -0.514. The number of thiazole rings is 1. The lowest BCUT2D eigenvalue weighted by molar-refractivity contribution is 0.521. The molecular weight excluding hydrogens is 412 g/mol. The van der Waals surface area contributed by atoms with Crippen LogP contribution in [-0.2, 0) is 16.6 Å². The van der Waals surface area contributed by atoms with E-state index in [4.69, 9.17) is 12.2 Å². The average Bonchev–Trinajstić information content (AvgIpc) is 3.09. The number of benzene rings is 2. The van der Waals surface area contributed by atoms with E-state index in [0.29, 0.717) is 12.2 Å². The summed E-state index contributed by atoms with van der Waals surface area (Å²) >= 11 is 6.84. The molecule has 0 radical (unpaired) electrons. The lowest BCUT2D eigenvalue weighted by atomic mass is 10.2. The zero-order chi connectivity index (χ0) is 20.1. The Bertz CT molecular complexity index is 1130. The Morgan fingerprint density at radius 1 is 1.18 bits per heavy atom. The van der Waals surface area contributed by atoms with Crippen LogP contribution < -0.4 is 10.1 Å². The van der Waals surface area contributed by atoms with Gasteiger partial charge in [0.25, 0.3) is 0 Å². The van der Waals surface area contributed by atoms with Gasteiger partial charge in [-0.2, -0.15) is 4.99 Å². The number of aromatic nitrogens is 1. The first-order chi connectivity index (χ1) is 13.4. The fourth-order valence-corrected chi connectivity index (χ4v) is 4.42. The van der Waals surface area contributed by atoms with Crippen molar-refractivity contribution in [2.24, 2.45) is 4.99 Å². The van der Waals surface area contributed by atoms with E-state index in [1.165, 1.54) is 35.3 Å². The second-order valence-corrected chi connectivity index (χ2v) is 9.57. The molecule has 0 saturated heterocycles. The van der Waals surface area contributed by atoms with Gasteiger partial charge in [-0.3, -0.25) is 0 Å². The van der Waals surface area contributed by atoms with Crippen LogP contribution in [0.15, 0.2) is 76.1 Å². The van der Waals surface area contributed by atoms with E-state index in [1.807, 2.05) is 34.3 Å². The molecule has 1 N–H and O–H groups in total. The summed E-state index contributed by atoms with van der Waals surface area (Å²) in [6, 6.07) is 16.6. The third-order valence-corrected chi connectivity index (χ3v) is 6.72. The summed E-state index contributed by atoms with van der Waals surface area (Å²) in [5, 5.41) is 5.22. The number of hydrogen-bond donors (Lipinski definition) is 1. The second-order valence-electron chi connectivity index (χ2n) is 6.16. The number of thiocarbonyl (C=S) groups is 1. The number of nitrogens with one attached hydrogen (secondary N) is 1. The molecule has 6 nitrogen and oxygen atoms in total. The van der Waals surface area contributed by atoms with Gasteiger partial charge >= 0.3 is 0 Å². The van der Waals surface area contributed by atoms with Crippen LogP contribution in [0.3, 0.4) is 0 Å². The minimum atomic E-state index is -3.51. The lowest BCUT2D eigenvalue weighted by Gasteiger charge is -2.12. The van der Waals surface area contributed by atoms with Crippen molar-refractivity contribution in [1.82, 2.24) is 8.87 Å². The molecule has 0 bridgehead atoms. The number of anilines is 1. The van der Waals surface area contributed by atoms with E-state index in [2.05, 4.69) is 22.4 Å². The molecule has 2 aromatic carbocycles. The summed E-state index contributed by atoms with van der Waals surface area (Å²) in [6.07, 6.45) is 1.96. The third-order valence-electron chi connectivity index (χ3n) is 3.92. The molecule has 0 aliphatic rings. The first kappa shape index (κ1) is 20.4. The molecule has 0 fully saturated rings. The van der Waals surface area contributed by atoms with Crippen molar-refractivity contribution in [2.45, 2.75) is 11.4 Å². The first-order valence-corrected chi connectivity index (χ1v) is 11.2. The molecule has 0 amide bonds. The molecule has 9 heteroatoms. The molecule has 3 aromatic rings. The summed E-state index contributed by atoms with van der Waals surface area (Å²) in [6.45, 7) is 0.697. The predicted octanol–water partition coefficient (Wildman–Crippen LogP) is 3.15. The van der Waals surface area contributed by atoms with Crippen LogP contribution in [0.2, 0.25) is 0 Å². The fraction of sp³-hybridized carbons (Fsp3) is 0.158. The molecule has 28 heavy (non-hydrogen) atoms. The van der Waals surface area contributed by atoms with E-state index in [9.17, 15) is 8.42 Å². The molecule has 0 unspecified atom stereocenters. The van der Waals surface area contributed by atoms with Crippen LogP contribution in [0, 0.1) is 0 Å². The van der Waals surface area contributed by atoms with Crippen molar-refractivity contribution in [3.8, 4) is 0 Å². The molecule has 3 rings (SSSR count). The van der Waals surface area contributed by atoms with Gasteiger partial charge in [0.15, 0.2) is 9.91 Å². The summed E-state index contributed by atoms with van der Waals surface area (Å²) in [4.78, 5) is 5.44. The number of rotatable bonds is 5. The highest BCUT2D eigenvalue weighted by Gasteiger charge is 2.17. The van der Waals surface area contributed by atoms with E-state index in [1.54, 1.807) is 24.3 Å². The Hall–Kier alpha value is -2.33. The topological polar surface area (TPSA) is 66.7 Å². The maximum atomic E-state index is 12.3. The Balaban J connectivity index is 1.79. The van der Waals surface area contributed by atoms with E-state index in [-0.39, 0.29) is 10.0 Å². The van der Waals surface area contributed by atoms with Crippen molar-refractivity contribution in [3.63, 3.8) is 0 Å². The number of sulfonamides is 1. The van der Waals surface area contributed by atoms with Gasteiger partial charge in [0.1, 0.15) is 0 Å². The molecule has 0 spiro atoms. The Labute approximate surface area is 173 Å². The van der Waals surface area contributed by atoms with E-state index in [0.717, 1.165) is 4.80 Å². The Morgan fingerprint density at radius 3 is 2.64 bits per heavy atom. The van der Waals surface area contributed by atoms with E-state index >= 15 is 0 Å². The van der Waals surface area contributed by atoms with Crippen molar-refractivity contribution in [1.29, 1.82) is 0 Å². The normalized spacial score (nSPS) is 12.3. The fourth-order valence-electron chi connectivity index (χ4n) is 2.47. The maximum Gasteiger partial charge on any atom is 0.242 e. The van der Waals surface area contributed by atoms with Crippen LogP contribution in [0.4, 0.5) is 5.69 Å². The number of nitrogens with zero attached hydrogens (tertiary/aromatic N) is 3. The standard InChI is InChI=1S/C19H20N4O2S3/c1-22(2)28(24,25)17-10-6-9-16(13-17)20-18(26)21-19-23(11-12-27-19)14-15-7-4-3-5-8-15/h3-13H,14H2,1-2H3,(H,20,26)/b21-19-. The summed E-state index contributed by atoms with van der Waals surface area (Å²) < 4.78 is 27.8. The average molecular weight is 433 g/mol. The van der Waals surface area contributed by atoms with Crippen LogP contribution >= 0.6 is 23.6 Å². The highest BCUT2D eigenvalue weighted by atomic mass is 32.2. The van der Waals surface area contributed by atoms with Gasteiger partial charge in [0, 0.05) is 37.9 Å². The quantitative estimate of drug-likeness (QED) is 0.629. The molecule has 0 aliphatic heterocycles. The smallest absolute Gasteiger partial charge is 0.242 e. The van der Waals surface area contributed by atoms with Crippen LogP contribution in [0.5, 0.6) is 0 Å². The van der Waals surface area contributed by atoms with Gasteiger partial charge in [0.2, 0.25) is 10.0 Å². The zero-order valence-electron chi connectivity index (χ0n) is 15.4. The van der Waals surface area contributed by atoms with Crippen LogP contribution in [0.1, 0.15) is 5.56 Å². The molecule has 0 saturated carbocycles. The van der Waals surface area contributed by atoms with Crippen molar-refractivity contribution >= 4 is 44.4 Å². The molecule has 146 valence electrons. The zero-order valence-corrected chi connectivity index (χ0v) is 17.9. The van der Waals surface area contributed by atoms with E-state index < -0.39 is 10.0 Å². The van der Waals surface area contributed by atoms with Gasteiger partial charge in [-0.1, -0.05) is 36.4 Å². The second kappa shape index (κ2) is 8.78. The number of hydrogen-bond acceptors (Lipinski definition) is 4. The summed E-state index contributed by atoms with van der Waals surface area (Å²) in [5.74, 6) is 0. The van der Waals surface area contributed by atoms with Crippen molar-refractivity contribution < 1.29 is 8.42 Å². The van der Waals surface area contributed by atoms with Gasteiger partial charge in [-0.05, 0) is 36.0 Å². The minimum absolute atomic E-state index is 0.195. The largest absolute Gasteiger partial charge is 0.331 e. The van der Waals surface area contributed by atoms with Gasteiger partial charge < -0.3 is 9.88 Å². The maximum absolute atomic E-state index is 12.3. The third kappa shape index (κ3) is 4.93. The van der Waals surface area contributed by atoms with Crippen molar-refractivity contribution in [3.05, 3.63) is 76.5 Å². The molecular formula is C19H20N4O2S3. The van der Waals surface area contributed by atoms with Crippen molar-refractivity contribution in [2.75, 3.05) is 19.4 Å². The Kier molecular flexibility index (Phi) is 6.40. The summed E-state index contributed by atoms with van der Waals surface area (Å²) in [5.41, 5.74) is 1.74. The molecule has 0 aliphatic carbocycles. The SMILES string of the molecule is CN(C)S(=O)(=O)c1cccc(NC(=S)/N=c2\sccn2Cc2ccccc2)c1. The van der Waals surface area contributed by atoms with Gasteiger partial charge in [-0.25, -0.2) is 12.7 Å². The Morgan fingerprint density at radius 2 is 1.93 bits per heavy atom. The molecule has 1 aromatic heterocycles. The highest BCUT2D eigenvalue weighted by Crippen LogP contribution is 2.18. The van der Waals surface area contributed by atoms with Crippen LogP contribution in [0.25, 0.3) is 0 Å². The van der Waals surface area contributed by atoms with Gasteiger partial charge in [0.05, 0.1) is 4.90 Å². The van der Waals surface area contributed by atoms with Gasteiger partial charge in [-0.15, -0.1) is 11.3 Å². The molecule has 0 atom stereocenters. The molecule has 1 heterocycles. The highest BCUT2D eigenvalue weighted by molar-refractivity contribution is 7.89. The van der Waals surface area contributed by atoms with Crippen LogP contribution in [-0.4, -0.2) is 36.5 Å². The monoisotopic (exact) mass is 432 g/mol. The lowest BCUT2D eigenvalue weighted by Crippen LogP contribution is -2.22.